The maximum absolute atomic E-state index is 13.9. The van der Waals surface area contributed by atoms with Crippen LogP contribution in [0.5, 0.6) is 0 Å². The molecular formula is C21H29FN2O4. The van der Waals surface area contributed by atoms with Crippen LogP contribution in [0.3, 0.4) is 0 Å². The molecule has 2 atom stereocenters. The second-order valence-corrected chi connectivity index (χ2v) is 6.73. The van der Waals surface area contributed by atoms with Crippen LogP contribution in [0.25, 0.3) is 0 Å². The molecule has 7 heteroatoms. The molecule has 0 saturated carbocycles. The fourth-order valence-corrected chi connectivity index (χ4v) is 2.86. The maximum atomic E-state index is 13.9. The molecule has 1 rings (SSSR count). The molecule has 0 aliphatic rings. The van der Waals surface area contributed by atoms with E-state index in [0.717, 1.165) is 25.7 Å². The summed E-state index contributed by atoms with van der Waals surface area (Å²) in [5, 5.41) is 14.3. The van der Waals surface area contributed by atoms with Crippen molar-refractivity contribution in [1.82, 2.24) is 10.6 Å². The molecule has 28 heavy (non-hydrogen) atoms. The zero-order valence-corrected chi connectivity index (χ0v) is 16.2. The fourth-order valence-electron chi connectivity index (χ4n) is 2.86. The largest absolute Gasteiger partial charge is 0.480 e. The van der Waals surface area contributed by atoms with Gasteiger partial charge in [-0.2, -0.15) is 0 Å². The second kappa shape index (κ2) is 12.6. The molecule has 0 aliphatic carbocycles. The third kappa shape index (κ3) is 8.79. The Kier molecular flexibility index (Phi) is 10.5. The zero-order chi connectivity index (χ0) is 20.9. The van der Waals surface area contributed by atoms with Gasteiger partial charge in [0.2, 0.25) is 11.8 Å². The van der Waals surface area contributed by atoms with Gasteiger partial charge in [-0.1, -0.05) is 43.5 Å². The van der Waals surface area contributed by atoms with Crippen LogP contribution in [0.2, 0.25) is 0 Å². The molecule has 1 aromatic carbocycles. The SMILES string of the molecule is C=CCCCCCC[C@@H](NC(=O)[C@@H](Cc1ccccc1F)NC(C)=O)C(=O)O. The molecular weight excluding hydrogens is 363 g/mol. The van der Waals surface area contributed by atoms with E-state index in [1.165, 1.54) is 25.1 Å². The Morgan fingerprint density at radius 3 is 2.39 bits per heavy atom. The average molecular weight is 392 g/mol. The normalized spacial score (nSPS) is 12.6. The van der Waals surface area contributed by atoms with Crippen LogP contribution in [-0.2, 0) is 20.8 Å². The summed E-state index contributed by atoms with van der Waals surface area (Å²) in [5.74, 6) is -2.71. The van der Waals surface area contributed by atoms with Crippen molar-refractivity contribution in [2.45, 2.75) is 64.0 Å². The molecule has 0 aliphatic heterocycles. The van der Waals surface area contributed by atoms with Crippen LogP contribution >= 0.6 is 0 Å². The number of hydrogen-bond donors (Lipinski definition) is 3. The first-order valence-corrected chi connectivity index (χ1v) is 9.49. The van der Waals surface area contributed by atoms with Crippen LogP contribution in [0, 0.1) is 5.82 Å². The van der Waals surface area contributed by atoms with Gasteiger partial charge in [-0.3, -0.25) is 9.59 Å². The number of unbranched alkanes of at least 4 members (excludes halogenated alkanes) is 4. The fraction of sp³-hybridized carbons (Fsp3) is 0.476. The Bertz CT molecular complexity index is 678. The van der Waals surface area contributed by atoms with Gasteiger partial charge < -0.3 is 15.7 Å². The third-order valence-electron chi connectivity index (χ3n) is 4.34. The number of allylic oxidation sites excluding steroid dienone is 1. The van der Waals surface area contributed by atoms with Crippen LogP contribution in [0.15, 0.2) is 36.9 Å². The molecule has 154 valence electrons. The maximum Gasteiger partial charge on any atom is 0.326 e. The highest BCUT2D eigenvalue weighted by Gasteiger charge is 2.26. The summed E-state index contributed by atoms with van der Waals surface area (Å²) in [6.07, 6.45) is 6.48. The zero-order valence-electron chi connectivity index (χ0n) is 16.2. The van der Waals surface area contributed by atoms with Crippen molar-refractivity contribution in [2.75, 3.05) is 0 Å². The van der Waals surface area contributed by atoms with Crippen LogP contribution in [-0.4, -0.2) is 35.0 Å². The van der Waals surface area contributed by atoms with E-state index in [2.05, 4.69) is 17.2 Å². The van der Waals surface area contributed by atoms with Gasteiger partial charge in [0.05, 0.1) is 0 Å². The second-order valence-electron chi connectivity index (χ2n) is 6.73. The Hall–Kier alpha value is -2.70. The summed E-state index contributed by atoms with van der Waals surface area (Å²) in [7, 11) is 0. The Labute approximate surface area is 165 Å². The first kappa shape index (κ1) is 23.3. The van der Waals surface area contributed by atoms with E-state index in [4.69, 9.17) is 0 Å². The van der Waals surface area contributed by atoms with Gasteiger partial charge in [-0.25, -0.2) is 9.18 Å². The molecule has 0 fully saturated rings. The Morgan fingerprint density at radius 1 is 1.11 bits per heavy atom. The number of carboxylic acids is 1. The number of amides is 2. The minimum Gasteiger partial charge on any atom is -0.480 e. The minimum atomic E-state index is -1.13. The number of hydrogen-bond acceptors (Lipinski definition) is 3. The third-order valence-corrected chi connectivity index (χ3v) is 4.34. The van der Waals surface area contributed by atoms with E-state index in [0.29, 0.717) is 12.8 Å². The highest BCUT2D eigenvalue weighted by Crippen LogP contribution is 2.11. The summed E-state index contributed by atoms with van der Waals surface area (Å²) in [6.45, 7) is 4.91. The minimum absolute atomic E-state index is 0.0635. The van der Waals surface area contributed by atoms with Crippen molar-refractivity contribution in [2.24, 2.45) is 0 Å². The lowest BCUT2D eigenvalue weighted by atomic mass is 10.0. The number of aliphatic carboxylic acids is 1. The van der Waals surface area contributed by atoms with Crippen LogP contribution in [0.1, 0.15) is 51.0 Å². The van der Waals surface area contributed by atoms with E-state index < -0.39 is 35.7 Å². The predicted molar refractivity (Wildman–Crippen MR) is 105 cm³/mol. The number of carbonyl (C=O) groups is 3. The van der Waals surface area contributed by atoms with Gasteiger partial charge >= 0.3 is 5.97 Å². The van der Waals surface area contributed by atoms with E-state index in [-0.39, 0.29) is 12.0 Å². The molecule has 0 radical (unpaired) electrons. The van der Waals surface area contributed by atoms with Gasteiger partial charge in [-0.15, -0.1) is 6.58 Å². The summed E-state index contributed by atoms with van der Waals surface area (Å²) in [4.78, 5) is 35.5. The van der Waals surface area contributed by atoms with Gasteiger partial charge in [-0.05, 0) is 30.9 Å². The van der Waals surface area contributed by atoms with Crippen LogP contribution < -0.4 is 10.6 Å². The lowest BCUT2D eigenvalue weighted by Gasteiger charge is -2.21. The molecule has 1 aromatic rings. The van der Waals surface area contributed by atoms with Gasteiger partial charge in [0.15, 0.2) is 0 Å². The molecule has 3 N–H and O–H groups in total. The van der Waals surface area contributed by atoms with Gasteiger partial charge in [0.1, 0.15) is 17.9 Å². The monoisotopic (exact) mass is 392 g/mol. The predicted octanol–water partition coefficient (Wildman–Crippen LogP) is 2.97. The molecule has 0 aromatic heterocycles. The van der Waals surface area contributed by atoms with Gasteiger partial charge in [0, 0.05) is 13.3 Å². The number of carboxylic acid groups (broad SMARTS) is 1. The Morgan fingerprint density at radius 2 is 1.79 bits per heavy atom. The molecule has 0 spiro atoms. The number of carbonyl (C=O) groups excluding carboxylic acids is 2. The highest BCUT2D eigenvalue weighted by atomic mass is 19.1. The van der Waals surface area contributed by atoms with Crippen molar-refractivity contribution in [3.63, 3.8) is 0 Å². The van der Waals surface area contributed by atoms with Crippen molar-refractivity contribution >= 4 is 17.8 Å². The molecule has 0 heterocycles. The molecule has 0 saturated heterocycles. The van der Waals surface area contributed by atoms with Crippen molar-refractivity contribution < 1.29 is 23.9 Å². The molecule has 2 amide bonds. The smallest absolute Gasteiger partial charge is 0.326 e. The number of nitrogens with one attached hydrogen (secondary N) is 2. The van der Waals surface area contributed by atoms with Crippen LogP contribution in [0.4, 0.5) is 4.39 Å². The van der Waals surface area contributed by atoms with E-state index >= 15 is 0 Å². The van der Waals surface area contributed by atoms with Crippen molar-refractivity contribution in [3.05, 3.63) is 48.3 Å². The lowest BCUT2D eigenvalue weighted by molar-refractivity contribution is -0.142. The first-order valence-electron chi connectivity index (χ1n) is 9.49. The summed E-state index contributed by atoms with van der Waals surface area (Å²) < 4.78 is 13.9. The van der Waals surface area contributed by atoms with E-state index in [1.807, 2.05) is 6.08 Å². The average Bonchev–Trinajstić information content (AvgIpc) is 2.64. The molecule has 6 nitrogen and oxygen atoms in total. The first-order chi connectivity index (χ1) is 13.3. The summed E-state index contributed by atoms with van der Waals surface area (Å²) in [6, 6.07) is 3.85. The van der Waals surface area contributed by atoms with E-state index in [1.54, 1.807) is 6.07 Å². The summed E-state index contributed by atoms with van der Waals surface area (Å²) >= 11 is 0. The quantitative estimate of drug-likeness (QED) is 0.355. The van der Waals surface area contributed by atoms with Gasteiger partial charge in [0.25, 0.3) is 0 Å². The molecule has 0 bridgehead atoms. The number of benzene rings is 1. The summed E-state index contributed by atoms with van der Waals surface area (Å²) in [5.41, 5.74) is 0.269. The number of halogens is 1. The lowest BCUT2D eigenvalue weighted by Crippen LogP contribution is -2.52. The topological polar surface area (TPSA) is 95.5 Å². The van der Waals surface area contributed by atoms with Crippen molar-refractivity contribution in [1.29, 1.82) is 0 Å². The Balaban J connectivity index is 2.69. The van der Waals surface area contributed by atoms with E-state index in [9.17, 15) is 23.9 Å². The standard InChI is InChI=1S/C21H29FN2O4/c1-3-4-5-6-7-8-13-18(21(27)28)24-20(26)19(23-15(2)25)14-16-11-9-10-12-17(16)22/h3,9-12,18-19H,1,4-8,13-14H2,2H3,(H,23,25)(H,24,26)(H,27,28)/t18-,19-/m1/s1. The number of rotatable bonds is 13. The van der Waals surface area contributed by atoms with Crippen molar-refractivity contribution in [3.8, 4) is 0 Å². The molecule has 0 unspecified atom stereocenters. The highest BCUT2D eigenvalue weighted by molar-refractivity contribution is 5.90.